The van der Waals surface area contributed by atoms with Crippen LogP contribution in [0.3, 0.4) is 0 Å². The lowest BCUT2D eigenvalue weighted by Crippen LogP contribution is -2.38. The average Bonchev–Trinajstić information content (AvgIpc) is 2.46. The summed E-state index contributed by atoms with van der Waals surface area (Å²) in [7, 11) is 1.77. The second-order valence-corrected chi connectivity index (χ2v) is 5.86. The van der Waals surface area contributed by atoms with Crippen molar-refractivity contribution in [3.63, 3.8) is 0 Å². The van der Waals surface area contributed by atoms with Crippen LogP contribution in [0.1, 0.15) is 18.4 Å². The van der Waals surface area contributed by atoms with Gasteiger partial charge in [-0.05, 0) is 37.6 Å². The van der Waals surface area contributed by atoms with Gasteiger partial charge < -0.3 is 15.1 Å². The highest BCUT2D eigenvalue weighted by Crippen LogP contribution is 2.24. The van der Waals surface area contributed by atoms with Crippen molar-refractivity contribution >= 4 is 17.6 Å². The van der Waals surface area contributed by atoms with E-state index in [1.165, 1.54) is 0 Å². The predicted molar refractivity (Wildman–Crippen MR) is 83.0 cm³/mol. The molecule has 0 amide bonds. The van der Waals surface area contributed by atoms with Gasteiger partial charge in [-0.15, -0.1) is 0 Å². The third kappa shape index (κ3) is 4.46. The topological polar surface area (TPSA) is 81.1 Å². The van der Waals surface area contributed by atoms with Gasteiger partial charge in [0, 0.05) is 25.3 Å². The fraction of sp³-hybridized carbons (Fsp3) is 0.500. The number of piperidine rings is 1. The Morgan fingerprint density at radius 2 is 2.14 bits per heavy atom. The first-order valence-electron chi connectivity index (χ1n) is 7.42. The Labute approximate surface area is 130 Å². The van der Waals surface area contributed by atoms with Crippen LogP contribution in [-0.2, 0) is 16.1 Å². The molecule has 1 aliphatic heterocycles. The fourth-order valence-electron chi connectivity index (χ4n) is 2.86. The van der Waals surface area contributed by atoms with E-state index in [1.54, 1.807) is 11.9 Å². The van der Waals surface area contributed by atoms with Crippen LogP contribution in [0.5, 0.6) is 0 Å². The molecule has 1 unspecified atom stereocenters. The highest BCUT2D eigenvalue weighted by Gasteiger charge is 2.25. The van der Waals surface area contributed by atoms with Crippen molar-refractivity contribution in [2.45, 2.75) is 19.4 Å². The van der Waals surface area contributed by atoms with Gasteiger partial charge in [0.2, 0.25) is 0 Å². The summed E-state index contributed by atoms with van der Waals surface area (Å²) in [5, 5.41) is 18.0. The maximum Gasteiger partial charge on any atom is 0.317 e. The fourth-order valence-corrected chi connectivity index (χ4v) is 2.86. The Bertz CT molecular complexity index is 547. The van der Waals surface area contributed by atoms with Gasteiger partial charge in [-0.25, -0.2) is 0 Å². The Balaban J connectivity index is 2.04. The van der Waals surface area contributed by atoms with Crippen molar-refractivity contribution in [1.82, 2.24) is 4.90 Å². The van der Waals surface area contributed by atoms with Crippen LogP contribution in [0, 0.1) is 5.92 Å². The lowest BCUT2D eigenvalue weighted by atomic mass is 9.97. The van der Waals surface area contributed by atoms with Gasteiger partial charge in [-0.3, -0.25) is 14.5 Å². The molecular weight excluding hydrogens is 284 g/mol. The van der Waals surface area contributed by atoms with Crippen LogP contribution in [0.25, 0.3) is 0 Å². The zero-order valence-corrected chi connectivity index (χ0v) is 12.7. The summed E-state index contributed by atoms with van der Waals surface area (Å²) >= 11 is 0. The quantitative estimate of drug-likeness (QED) is 0.829. The summed E-state index contributed by atoms with van der Waals surface area (Å²) in [6.45, 7) is 1.94. The summed E-state index contributed by atoms with van der Waals surface area (Å²) in [5.74, 6) is -1.90. The van der Waals surface area contributed by atoms with Gasteiger partial charge in [0.15, 0.2) is 0 Å². The summed E-state index contributed by atoms with van der Waals surface area (Å²) < 4.78 is 0. The Kier molecular flexibility index (Phi) is 5.38. The molecule has 0 spiro atoms. The molecule has 1 aliphatic rings. The number of benzene rings is 1. The number of rotatable bonds is 6. The molecule has 0 bridgehead atoms. The van der Waals surface area contributed by atoms with E-state index in [1.807, 2.05) is 24.3 Å². The average molecular weight is 306 g/mol. The van der Waals surface area contributed by atoms with Crippen LogP contribution >= 0.6 is 0 Å². The largest absolute Gasteiger partial charge is 0.481 e. The smallest absolute Gasteiger partial charge is 0.317 e. The Hall–Kier alpha value is -2.08. The molecule has 1 atom stereocenters. The second kappa shape index (κ2) is 7.26. The lowest BCUT2D eigenvalue weighted by molar-refractivity contribution is -0.142. The molecule has 120 valence electrons. The predicted octanol–water partition coefficient (Wildman–Crippen LogP) is 1.50. The Morgan fingerprint density at radius 3 is 2.82 bits per heavy atom. The van der Waals surface area contributed by atoms with E-state index >= 15 is 0 Å². The molecule has 0 aromatic heterocycles. The first kappa shape index (κ1) is 16.3. The minimum Gasteiger partial charge on any atom is -0.481 e. The summed E-state index contributed by atoms with van der Waals surface area (Å²) in [4.78, 5) is 25.7. The zero-order chi connectivity index (χ0) is 16.1. The number of carboxylic acid groups (broad SMARTS) is 2. The molecule has 6 heteroatoms. The minimum atomic E-state index is -0.848. The number of likely N-dealkylation sites (N-methyl/N-ethyl adjacent to an activating group) is 1. The van der Waals surface area contributed by atoms with Gasteiger partial charge in [0.05, 0.1) is 12.5 Å². The van der Waals surface area contributed by atoms with Crippen LogP contribution in [0.15, 0.2) is 24.3 Å². The monoisotopic (exact) mass is 306 g/mol. The number of aliphatic carboxylic acids is 2. The molecule has 1 saturated heterocycles. The number of carbonyl (C=O) groups is 2. The van der Waals surface area contributed by atoms with Gasteiger partial charge >= 0.3 is 11.9 Å². The number of anilines is 1. The lowest BCUT2D eigenvalue weighted by Gasteiger charge is -2.32. The molecule has 1 fully saturated rings. The van der Waals surface area contributed by atoms with E-state index in [9.17, 15) is 14.7 Å². The highest BCUT2D eigenvalue weighted by atomic mass is 16.4. The molecular formula is C16H22N2O4. The van der Waals surface area contributed by atoms with Gasteiger partial charge in [0.1, 0.15) is 0 Å². The van der Waals surface area contributed by atoms with E-state index in [0.717, 1.165) is 30.6 Å². The third-order valence-electron chi connectivity index (χ3n) is 3.90. The minimum absolute atomic E-state index is 0.00493. The molecule has 0 saturated carbocycles. The standard InChI is InChI=1S/C16H22N2O4/c1-17(11-15(19)20)9-12-4-2-6-14(8-12)18-7-3-5-13(10-18)16(21)22/h2,4,6,8,13H,3,5,7,9-11H2,1H3,(H,19,20)(H,21,22). The number of carboxylic acids is 2. The van der Waals surface area contributed by atoms with Crippen LogP contribution in [0.2, 0.25) is 0 Å². The van der Waals surface area contributed by atoms with Crippen LogP contribution < -0.4 is 4.90 Å². The first-order valence-corrected chi connectivity index (χ1v) is 7.42. The van der Waals surface area contributed by atoms with Crippen molar-refractivity contribution in [2.24, 2.45) is 5.92 Å². The van der Waals surface area contributed by atoms with E-state index in [4.69, 9.17) is 5.11 Å². The maximum absolute atomic E-state index is 11.2. The molecule has 1 aromatic rings. The third-order valence-corrected chi connectivity index (χ3v) is 3.90. The summed E-state index contributed by atoms with van der Waals surface area (Å²) in [6.07, 6.45) is 1.60. The van der Waals surface area contributed by atoms with Crippen molar-refractivity contribution in [3.8, 4) is 0 Å². The molecule has 1 aromatic carbocycles. The summed E-state index contributed by atoms with van der Waals surface area (Å²) in [6, 6.07) is 7.89. The highest BCUT2D eigenvalue weighted by molar-refractivity contribution is 5.71. The first-order chi connectivity index (χ1) is 10.5. The van der Waals surface area contributed by atoms with Crippen molar-refractivity contribution in [1.29, 1.82) is 0 Å². The van der Waals surface area contributed by atoms with Crippen molar-refractivity contribution in [2.75, 3.05) is 31.6 Å². The Morgan fingerprint density at radius 1 is 1.36 bits per heavy atom. The number of hydrogen-bond acceptors (Lipinski definition) is 4. The van der Waals surface area contributed by atoms with Crippen molar-refractivity contribution < 1.29 is 19.8 Å². The molecule has 0 aliphatic carbocycles. The van der Waals surface area contributed by atoms with Gasteiger partial charge in [-0.1, -0.05) is 12.1 Å². The van der Waals surface area contributed by atoms with Crippen LogP contribution in [0.4, 0.5) is 5.69 Å². The SMILES string of the molecule is CN(CC(=O)O)Cc1cccc(N2CCCC(C(=O)O)C2)c1. The molecule has 1 heterocycles. The van der Waals surface area contributed by atoms with E-state index in [0.29, 0.717) is 13.1 Å². The molecule has 6 nitrogen and oxygen atoms in total. The maximum atomic E-state index is 11.2. The number of nitrogens with zero attached hydrogens (tertiary/aromatic N) is 2. The van der Waals surface area contributed by atoms with Gasteiger partial charge in [-0.2, -0.15) is 0 Å². The molecule has 22 heavy (non-hydrogen) atoms. The second-order valence-electron chi connectivity index (χ2n) is 5.86. The zero-order valence-electron chi connectivity index (χ0n) is 12.7. The van der Waals surface area contributed by atoms with E-state index in [-0.39, 0.29) is 12.5 Å². The van der Waals surface area contributed by atoms with Gasteiger partial charge in [0.25, 0.3) is 0 Å². The van der Waals surface area contributed by atoms with E-state index < -0.39 is 11.9 Å². The normalized spacial score (nSPS) is 18.5. The van der Waals surface area contributed by atoms with Crippen molar-refractivity contribution in [3.05, 3.63) is 29.8 Å². The van der Waals surface area contributed by atoms with Crippen LogP contribution in [-0.4, -0.2) is 53.7 Å². The molecule has 0 radical (unpaired) electrons. The number of hydrogen-bond donors (Lipinski definition) is 2. The summed E-state index contributed by atoms with van der Waals surface area (Å²) in [5.41, 5.74) is 2.03. The molecule has 2 N–H and O–H groups in total. The molecule has 2 rings (SSSR count). The van der Waals surface area contributed by atoms with E-state index in [2.05, 4.69) is 4.90 Å².